The van der Waals surface area contributed by atoms with Gasteiger partial charge in [0.05, 0.1) is 29.6 Å². The van der Waals surface area contributed by atoms with E-state index in [0.29, 0.717) is 60.0 Å². The lowest BCUT2D eigenvalue weighted by atomic mass is 9.92. The molecule has 51 heavy (non-hydrogen) atoms. The smallest absolute Gasteiger partial charge is 0.337 e. The van der Waals surface area contributed by atoms with Crippen molar-refractivity contribution in [1.29, 1.82) is 0 Å². The molecule has 2 aromatic heterocycles. The van der Waals surface area contributed by atoms with E-state index in [4.69, 9.17) is 19.2 Å². The number of carbonyl (C=O) groups is 1. The van der Waals surface area contributed by atoms with Gasteiger partial charge in [0, 0.05) is 48.5 Å². The first kappa shape index (κ1) is 37.7. The minimum atomic E-state index is -1.24. The van der Waals surface area contributed by atoms with E-state index in [1.807, 2.05) is 63.4 Å². The number of halogens is 2. The van der Waals surface area contributed by atoms with Crippen molar-refractivity contribution in [1.82, 2.24) is 9.38 Å². The van der Waals surface area contributed by atoms with E-state index < -0.39 is 29.3 Å². The van der Waals surface area contributed by atoms with Crippen LogP contribution in [0.3, 0.4) is 0 Å². The summed E-state index contributed by atoms with van der Waals surface area (Å²) in [5.74, 6) is -1.93. The van der Waals surface area contributed by atoms with Gasteiger partial charge < -0.3 is 24.2 Å². The molecule has 1 N–H and O–H groups in total. The molecule has 2 atom stereocenters. The predicted octanol–water partition coefficient (Wildman–Crippen LogP) is 9.41. The lowest BCUT2D eigenvalue weighted by Gasteiger charge is -2.41. The van der Waals surface area contributed by atoms with Crippen LogP contribution in [0.5, 0.6) is 5.75 Å². The van der Waals surface area contributed by atoms with E-state index in [9.17, 15) is 14.3 Å². The van der Waals surface area contributed by atoms with Crippen molar-refractivity contribution in [3.05, 3.63) is 96.2 Å². The molecule has 1 aliphatic rings. The highest BCUT2D eigenvalue weighted by Crippen LogP contribution is 2.42. The first-order chi connectivity index (χ1) is 24.1. The number of aliphatic carboxylic acids is 1. The summed E-state index contributed by atoms with van der Waals surface area (Å²) in [4.78, 5) is 20.2. The highest BCUT2D eigenvalue weighted by Gasteiger charge is 2.37. The van der Waals surface area contributed by atoms with Crippen molar-refractivity contribution in [3.8, 4) is 28.1 Å². The van der Waals surface area contributed by atoms with Crippen LogP contribution in [-0.4, -0.2) is 57.5 Å². The number of nitrogens with zero attached hydrogens (tertiary/aromatic N) is 3. The maximum Gasteiger partial charge on any atom is 0.337 e. The van der Waals surface area contributed by atoms with Crippen LogP contribution < -0.4 is 9.64 Å². The minimum absolute atomic E-state index is 0.0379. The molecule has 1 fully saturated rings. The first-order valence-corrected chi connectivity index (χ1v) is 17.4. The fraction of sp³-hybridized carbons (Fsp3) is 0.415. The molecule has 1 saturated heterocycles. The molecule has 0 aliphatic carbocycles. The summed E-state index contributed by atoms with van der Waals surface area (Å²) >= 11 is 0. The lowest BCUT2D eigenvalue weighted by molar-refractivity contribution is -0.160. The molecule has 1 unspecified atom stereocenters. The molecule has 0 bridgehead atoms. The quantitative estimate of drug-likeness (QED) is 0.139. The third-order valence-electron chi connectivity index (χ3n) is 9.40. The Kier molecular flexibility index (Phi) is 11.1. The molecule has 272 valence electrons. The molecule has 0 radical (unpaired) electrons. The van der Waals surface area contributed by atoms with E-state index >= 15 is 4.39 Å². The Morgan fingerprint density at radius 3 is 2.39 bits per heavy atom. The predicted molar refractivity (Wildman–Crippen MR) is 198 cm³/mol. The van der Waals surface area contributed by atoms with Gasteiger partial charge in [0.15, 0.2) is 17.7 Å². The maximum atomic E-state index is 15.2. The second kappa shape index (κ2) is 15.0. The fourth-order valence-electron chi connectivity index (χ4n) is 6.66. The zero-order valence-electron chi connectivity index (χ0n) is 30.7. The molecule has 0 amide bonds. The van der Waals surface area contributed by atoms with Crippen LogP contribution in [0.15, 0.2) is 67.9 Å². The van der Waals surface area contributed by atoms with Crippen molar-refractivity contribution in [2.75, 3.05) is 24.6 Å². The van der Waals surface area contributed by atoms with Crippen molar-refractivity contribution in [2.24, 2.45) is 0 Å². The second-order valence-corrected chi connectivity index (χ2v) is 14.6. The van der Waals surface area contributed by atoms with Crippen LogP contribution >= 0.6 is 0 Å². The minimum Gasteiger partial charge on any atom is -0.487 e. The second-order valence-electron chi connectivity index (χ2n) is 14.6. The number of piperidine rings is 1. The third-order valence-corrected chi connectivity index (χ3v) is 9.40. The standard InChI is InChI=1S/C41H49F2N3O5/c1-10-13-25(3)50-35-31(22-30(42)23-32(35)43)28-14-12-15-29(21-28)33-24-46-37(44-33)27(5)26(4)34(36(39(47)48)51-40(6,7)8)38(46)45-18-16-41(9,17-19-45)49-20-11-2/h10-12,14-15,21-25,36H,1-2,13,16-20H2,3-9H3,(H,47,48)/t25-,36?/m0/s1. The molecule has 3 heterocycles. The van der Waals surface area contributed by atoms with E-state index in [-0.39, 0.29) is 23.0 Å². The number of aromatic nitrogens is 2. The van der Waals surface area contributed by atoms with Crippen LogP contribution in [0.4, 0.5) is 14.6 Å². The molecular formula is C41H49F2N3O5. The summed E-state index contributed by atoms with van der Waals surface area (Å²) in [6.45, 7) is 22.5. The van der Waals surface area contributed by atoms with Gasteiger partial charge in [0.1, 0.15) is 17.3 Å². The Morgan fingerprint density at radius 1 is 1.08 bits per heavy atom. The molecule has 0 saturated carbocycles. The van der Waals surface area contributed by atoms with Crippen LogP contribution in [0.1, 0.15) is 76.7 Å². The largest absolute Gasteiger partial charge is 0.487 e. The number of carboxylic acids is 1. The van der Waals surface area contributed by atoms with Gasteiger partial charge in [0.2, 0.25) is 0 Å². The zero-order valence-corrected chi connectivity index (χ0v) is 30.7. The summed E-state index contributed by atoms with van der Waals surface area (Å²) < 4.78 is 50.1. The Bertz CT molecular complexity index is 1940. The molecule has 1 aliphatic heterocycles. The van der Waals surface area contributed by atoms with Gasteiger partial charge in [-0.25, -0.2) is 18.6 Å². The number of aryl methyl sites for hydroxylation is 1. The summed E-state index contributed by atoms with van der Waals surface area (Å²) in [5, 5.41) is 10.6. The molecule has 8 nitrogen and oxygen atoms in total. The Balaban J connectivity index is 1.68. The van der Waals surface area contributed by atoms with Gasteiger partial charge in [0.25, 0.3) is 0 Å². The highest BCUT2D eigenvalue weighted by atomic mass is 19.1. The normalized spacial score (nSPS) is 15.8. The van der Waals surface area contributed by atoms with Crippen LogP contribution in [0.25, 0.3) is 28.0 Å². The lowest BCUT2D eigenvalue weighted by Crippen LogP contribution is -2.45. The molecular weight excluding hydrogens is 652 g/mol. The number of ether oxygens (including phenoxy) is 3. The zero-order chi connectivity index (χ0) is 37.2. The van der Waals surface area contributed by atoms with Gasteiger partial charge >= 0.3 is 5.97 Å². The number of imidazole rings is 1. The van der Waals surface area contributed by atoms with Gasteiger partial charge in [-0.1, -0.05) is 30.4 Å². The number of rotatable bonds is 13. The van der Waals surface area contributed by atoms with E-state index in [1.165, 1.54) is 6.07 Å². The number of carboxylic acid groups (broad SMARTS) is 1. The van der Waals surface area contributed by atoms with E-state index in [2.05, 4.69) is 25.0 Å². The first-order valence-electron chi connectivity index (χ1n) is 17.4. The summed E-state index contributed by atoms with van der Waals surface area (Å²) in [6.07, 6.45) is 5.63. The highest BCUT2D eigenvalue weighted by molar-refractivity contribution is 5.81. The van der Waals surface area contributed by atoms with Crippen molar-refractivity contribution in [2.45, 2.75) is 91.1 Å². The fourth-order valence-corrected chi connectivity index (χ4v) is 6.66. The number of fused-ring (bicyclic) bond motifs is 1. The molecule has 10 heteroatoms. The molecule has 2 aromatic carbocycles. The van der Waals surface area contributed by atoms with Gasteiger partial charge in [-0.15, -0.1) is 13.2 Å². The number of hydrogen-bond donors (Lipinski definition) is 1. The number of benzene rings is 2. The average molecular weight is 702 g/mol. The van der Waals surface area contributed by atoms with E-state index in [0.717, 1.165) is 30.0 Å². The van der Waals surface area contributed by atoms with Crippen molar-refractivity contribution in [3.63, 3.8) is 0 Å². The Morgan fingerprint density at radius 2 is 1.76 bits per heavy atom. The SMILES string of the molecule is C=CCOC1(C)CCN(c2c(C(OC(C)(C)C)C(=O)O)c(C)c(C)c3nc(-c4cccc(-c5cc(F)cc(F)c5O[C@@H](C)CC=C)c4)cn23)CC1. The summed E-state index contributed by atoms with van der Waals surface area (Å²) in [5.41, 5.74) is 3.90. The molecule has 5 rings (SSSR count). The topological polar surface area (TPSA) is 85.5 Å². The maximum absolute atomic E-state index is 15.2. The summed E-state index contributed by atoms with van der Waals surface area (Å²) in [7, 11) is 0. The van der Waals surface area contributed by atoms with Crippen LogP contribution in [-0.2, 0) is 14.3 Å². The Hall–Kier alpha value is -4.54. The van der Waals surface area contributed by atoms with Crippen LogP contribution in [0.2, 0.25) is 0 Å². The molecule has 0 spiro atoms. The van der Waals surface area contributed by atoms with Crippen molar-refractivity contribution >= 4 is 17.4 Å². The Labute approximate surface area is 299 Å². The van der Waals surface area contributed by atoms with E-state index in [1.54, 1.807) is 25.1 Å². The number of pyridine rings is 1. The van der Waals surface area contributed by atoms with Gasteiger partial charge in [-0.2, -0.15) is 0 Å². The monoisotopic (exact) mass is 701 g/mol. The summed E-state index contributed by atoms with van der Waals surface area (Å²) in [6, 6.07) is 9.39. The number of anilines is 1. The molecule has 4 aromatic rings. The average Bonchev–Trinajstić information content (AvgIpc) is 3.51. The van der Waals surface area contributed by atoms with Crippen LogP contribution in [0, 0.1) is 25.5 Å². The van der Waals surface area contributed by atoms with Gasteiger partial charge in [-0.05, 0) is 90.1 Å². The third kappa shape index (κ3) is 8.18. The van der Waals surface area contributed by atoms with Gasteiger partial charge in [-0.3, -0.25) is 4.40 Å². The van der Waals surface area contributed by atoms with Crippen molar-refractivity contribution < 1.29 is 32.9 Å². The number of hydrogen-bond acceptors (Lipinski definition) is 6.